The maximum Gasteiger partial charge on any atom is 0.412 e. The average Bonchev–Trinajstić information content (AvgIpc) is 2.55. The summed E-state index contributed by atoms with van der Waals surface area (Å²) >= 11 is 0. The number of hydrogen-bond donors (Lipinski definition) is 3. The number of anilines is 1. The molecule has 4 N–H and O–H groups in total. The fourth-order valence-electron chi connectivity index (χ4n) is 1.88. The normalized spacial score (nSPS) is 18.2. The minimum Gasteiger partial charge on any atom is -0.508 e. The zero-order chi connectivity index (χ0) is 11.9. The van der Waals surface area contributed by atoms with Crippen molar-refractivity contribution in [2.24, 2.45) is 5.73 Å². The number of carbonyl (C=O) groups excluding carboxylic acids is 1. The SMILES string of the molecule is NC(=O)[C@@H]1Cc2ccc(O)cc2N1C(=O)O. The van der Waals surface area contributed by atoms with E-state index in [1.165, 1.54) is 12.1 Å². The van der Waals surface area contributed by atoms with Crippen molar-refractivity contribution in [3.63, 3.8) is 0 Å². The van der Waals surface area contributed by atoms with E-state index >= 15 is 0 Å². The highest BCUT2D eigenvalue weighted by Crippen LogP contribution is 2.34. The van der Waals surface area contributed by atoms with Crippen molar-refractivity contribution in [3.05, 3.63) is 23.8 Å². The number of carbonyl (C=O) groups is 2. The van der Waals surface area contributed by atoms with Gasteiger partial charge in [0.25, 0.3) is 0 Å². The van der Waals surface area contributed by atoms with Crippen molar-refractivity contribution >= 4 is 17.7 Å². The number of benzene rings is 1. The first-order valence-corrected chi connectivity index (χ1v) is 4.64. The van der Waals surface area contributed by atoms with Crippen molar-refractivity contribution in [3.8, 4) is 5.75 Å². The van der Waals surface area contributed by atoms with Gasteiger partial charge < -0.3 is 15.9 Å². The maximum atomic E-state index is 11.1. The number of phenolic OH excluding ortho intramolecular Hbond substituents is 1. The van der Waals surface area contributed by atoms with Crippen molar-refractivity contribution in [2.75, 3.05) is 4.90 Å². The molecule has 0 radical (unpaired) electrons. The van der Waals surface area contributed by atoms with Crippen LogP contribution in [0.4, 0.5) is 10.5 Å². The molecule has 1 heterocycles. The summed E-state index contributed by atoms with van der Waals surface area (Å²) in [5.41, 5.74) is 6.14. The molecular formula is C10H10N2O4. The van der Waals surface area contributed by atoms with Gasteiger partial charge >= 0.3 is 6.09 Å². The molecule has 6 nitrogen and oxygen atoms in total. The van der Waals surface area contributed by atoms with E-state index in [1.54, 1.807) is 6.07 Å². The van der Waals surface area contributed by atoms with Gasteiger partial charge in [-0.25, -0.2) is 4.79 Å². The number of amides is 2. The van der Waals surface area contributed by atoms with E-state index in [9.17, 15) is 14.7 Å². The number of hydrogen-bond acceptors (Lipinski definition) is 3. The van der Waals surface area contributed by atoms with Gasteiger partial charge in [-0.3, -0.25) is 9.69 Å². The molecule has 2 amide bonds. The quantitative estimate of drug-likeness (QED) is 0.635. The van der Waals surface area contributed by atoms with E-state index in [-0.39, 0.29) is 12.2 Å². The molecular weight excluding hydrogens is 212 g/mol. The molecule has 2 rings (SSSR count). The minimum atomic E-state index is -1.26. The molecule has 1 aliphatic rings. The molecule has 1 aromatic carbocycles. The Bertz CT molecular complexity index is 472. The van der Waals surface area contributed by atoms with Crippen LogP contribution in [-0.4, -0.2) is 28.3 Å². The van der Waals surface area contributed by atoms with Crippen LogP contribution in [0.2, 0.25) is 0 Å². The Morgan fingerprint density at radius 2 is 2.12 bits per heavy atom. The molecule has 0 unspecified atom stereocenters. The number of aromatic hydroxyl groups is 1. The Balaban J connectivity index is 2.50. The highest BCUT2D eigenvalue weighted by atomic mass is 16.4. The standard InChI is InChI=1S/C10H10N2O4/c11-9(14)8-3-5-1-2-6(13)4-7(5)12(8)10(15)16/h1-2,4,8,13H,3H2,(H2,11,14)(H,15,16)/t8-/m0/s1. The molecule has 0 aliphatic carbocycles. The van der Waals surface area contributed by atoms with Crippen LogP contribution in [0.3, 0.4) is 0 Å². The molecule has 0 saturated carbocycles. The number of rotatable bonds is 1. The number of nitrogens with two attached hydrogens (primary N) is 1. The maximum absolute atomic E-state index is 11.1. The first kappa shape index (κ1) is 10.3. The van der Waals surface area contributed by atoms with Crippen molar-refractivity contribution < 1.29 is 19.8 Å². The Hall–Kier alpha value is -2.24. The van der Waals surface area contributed by atoms with Crippen molar-refractivity contribution in [1.29, 1.82) is 0 Å². The Labute approximate surface area is 90.9 Å². The smallest absolute Gasteiger partial charge is 0.412 e. The van der Waals surface area contributed by atoms with E-state index in [2.05, 4.69) is 0 Å². The number of carboxylic acid groups (broad SMARTS) is 1. The molecule has 0 bridgehead atoms. The Morgan fingerprint density at radius 3 is 2.69 bits per heavy atom. The highest BCUT2D eigenvalue weighted by molar-refractivity contribution is 5.99. The fraction of sp³-hybridized carbons (Fsp3) is 0.200. The molecule has 84 valence electrons. The summed E-state index contributed by atoms with van der Waals surface area (Å²) in [5, 5.41) is 18.3. The minimum absolute atomic E-state index is 0.0462. The van der Waals surface area contributed by atoms with Gasteiger partial charge in [-0.1, -0.05) is 6.07 Å². The van der Waals surface area contributed by atoms with E-state index in [1.807, 2.05) is 0 Å². The lowest BCUT2D eigenvalue weighted by atomic mass is 10.1. The van der Waals surface area contributed by atoms with Crippen LogP contribution in [0.25, 0.3) is 0 Å². The predicted octanol–water partition coefficient (Wildman–Crippen LogP) is 0.287. The Kier molecular flexibility index (Phi) is 2.19. The lowest BCUT2D eigenvalue weighted by Gasteiger charge is -2.19. The fourth-order valence-corrected chi connectivity index (χ4v) is 1.88. The van der Waals surface area contributed by atoms with Crippen LogP contribution in [0, 0.1) is 0 Å². The van der Waals surface area contributed by atoms with E-state index < -0.39 is 18.0 Å². The summed E-state index contributed by atoms with van der Waals surface area (Å²) in [7, 11) is 0. The molecule has 6 heteroatoms. The van der Waals surface area contributed by atoms with E-state index in [0.717, 1.165) is 4.90 Å². The zero-order valence-electron chi connectivity index (χ0n) is 8.25. The molecule has 1 aliphatic heterocycles. The highest BCUT2D eigenvalue weighted by Gasteiger charge is 2.37. The monoisotopic (exact) mass is 222 g/mol. The molecule has 16 heavy (non-hydrogen) atoms. The van der Waals surface area contributed by atoms with Gasteiger partial charge in [0.2, 0.25) is 5.91 Å². The Morgan fingerprint density at radius 1 is 1.44 bits per heavy atom. The zero-order valence-corrected chi connectivity index (χ0v) is 8.25. The van der Waals surface area contributed by atoms with E-state index in [4.69, 9.17) is 10.8 Å². The summed E-state index contributed by atoms with van der Waals surface area (Å²) in [6, 6.07) is 3.45. The third-order valence-electron chi connectivity index (χ3n) is 2.59. The van der Waals surface area contributed by atoms with Gasteiger partial charge in [0.15, 0.2) is 0 Å². The van der Waals surface area contributed by atoms with Crippen LogP contribution in [0.15, 0.2) is 18.2 Å². The lowest BCUT2D eigenvalue weighted by Crippen LogP contribution is -2.45. The van der Waals surface area contributed by atoms with Crippen LogP contribution < -0.4 is 10.6 Å². The number of fused-ring (bicyclic) bond motifs is 1. The molecule has 0 saturated heterocycles. The van der Waals surface area contributed by atoms with Gasteiger partial charge in [-0.2, -0.15) is 0 Å². The van der Waals surface area contributed by atoms with Gasteiger partial charge in [-0.05, 0) is 11.6 Å². The predicted molar refractivity (Wildman–Crippen MR) is 55.3 cm³/mol. The molecule has 1 aromatic rings. The second kappa shape index (κ2) is 3.41. The summed E-state index contributed by atoms with van der Waals surface area (Å²) in [6.45, 7) is 0. The van der Waals surface area contributed by atoms with Gasteiger partial charge in [-0.15, -0.1) is 0 Å². The van der Waals surface area contributed by atoms with Crippen LogP contribution in [0.1, 0.15) is 5.56 Å². The third kappa shape index (κ3) is 1.44. The topological polar surface area (TPSA) is 104 Å². The second-order valence-electron chi connectivity index (χ2n) is 3.59. The van der Waals surface area contributed by atoms with Crippen molar-refractivity contribution in [1.82, 2.24) is 0 Å². The van der Waals surface area contributed by atoms with Gasteiger partial charge in [0, 0.05) is 12.5 Å². The lowest BCUT2D eigenvalue weighted by molar-refractivity contribution is -0.119. The largest absolute Gasteiger partial charge is 0.508 e. The first-order chi connectivity index (χ1) is 7.50. The van der Waals surface area contributed by atoms with Crippen LogP contribution in [-0.2, 0) is 11.2 Å². The summed E-state index contributed by atoms with van der Waals surface area (Å²) < 4.78 is 0. The summed E-state index contributed by atoms with van der Waals surface area (Å²) in [6.07, 6.45) is -1.01. The summed E-state index contributed by atoms with van der Waals surface area (Å²) in [5.74, 6) is -0.742. The summed E-state index contributed by atoms with van der Waals surface area (Å²) in [4.78, 5) is 23.0. The van der Waals surface area contributed by atoms with Gasteiger partial charge in [0.05, 0.1) is 5.69 Å². The number of primary amides is 1. The first-order valence-electron chi connectivity index (χ1n) is 4.64. The van der Waals surface area contributed by atoms with Crippen LogP contribution >= 0.6 is 0 Å². The third-order valence-corrected chi connectivity index (χ3v) is 2.59. The molecule has 0 spiro atoms. The number of phenols is 1. The number of nitrogens with zero attached hydrogens (tertiary/aromatic N) is 1. The van der Waals surface area contributed by atoms with E-state index in [0.29, 0.717) is 11.3 Å². The van der Waals surface area contributed by atoms with Crippen molar-refractivity contribution in [2.45, 2.75) is 12.5 Å². The van der Waals surface area contributed by atoms with Crippen LogP contribution in [0.5, 0.6) is 5.75 Å². The molecule has 0 aromatic heterocycles. The molecule has 0 fully saturated rings. The molecule has 1 atom stereocenters. The second-order valence-corrected chi connectivity index (χ2v) is 3.59. The van der Waals surface area contributed by atoms with Gasteiger partial charge in [0.1, 0.15) is 11.8 Å². The average molecular weight is 222 g/mol.